The number of hydrogen-bond donors (Lipinski definition) is 2. The van der Waals surface area contributed by atoms with E-state index in [1.807, 2.05) is 12.3 Å². The quantitative estimate of drug-likeness (QED) is 0.874. The predicted molar refractivity (Wildman–Crippen MR) is 68.7 cm³/mol. The van der Waals surface area contributed by atoms with E-state index in [0.29, 0.717) is 18.7 Å². The van der Waals surface area contributed by atoms with Crippen molar-refractivity contribution in [2.75, 3.05) is 0 Å². The number of hydrogen-bond acceptors (Lipinski definition) is 5. The molecule has 4 nitrogen and oxygen atoms in total. The third-order valence-electron chi connectivity index (χ3n) is 2.17. The lowest BCUT2D eigenvalue weighted by Gasteiger charge is -1.99. The van der Waals surface area contributed by atoms with Crippen molar-refractivity contribution < 1.29 is 9.90 Å². The molecule has 0 spiro atoms. The Bertz CT molecular complexity index is 519. The number of aromatic nitrogens is 1. The van der Waals surface area contributed by atoms with Crippen molar-refractivity contribution in [2.45, 2.75) is 20.0 Å². The van der Waals surface area contributed by atoms with Crippen LogP contribution in [0.15, 0.2) is 16.8 Å². The summed E-state index contributed by atoms with van der Waals surface area (Å²) >= 11 is 3.09. The Morgan fingerprint density at radius 2 is 2.24 bits per heavy atom. The van der Waals surface area contributed by atoms with Gasteiger partial charge in [-0.1, -0.05) is 0 Å². The molecule has 2 aromatic rings. The van der Waals surface area contributed by atoms with Crippen LogP contribution in [0, 0.1) is 6.92 Å². The van der Waals surface area contributed by atoms with E-state index < -0.39 is 5.97 Å². The van der Waals surface area contributed by atoms with Crippen LogP contribution in [0.1, 0.15) is 25.9 Å². The van der Waals surface area contributed by atoms with Gasteiger partial charge < -0.3 is 10.4 Å². The lowest BCUT2D eigenvalue weighted by atomic mass is 10.3. The van der Waals surface area contributed by atoms with Crippen LogP contribution >= 0.6 is 22.7 Å². The Labute approximate surface area is 107 Å². The van der Waals surface area contributed by atoms with Crippen LogP contribution in [0.5, 0.6) is 0 Å². The zero-order valence-corrected chi connectivity index (χ0v) is 10.9. The maximum Gasteiger partial charge on any atom is 0.336 e. The summed E-state index contributed by atoms with van der Waals surface area (Å²) in [7, 11) is 0. The minimum atomic E-state index is -0.873. The SMILES string of the molecule is Cc1nc(CNCc2cc(C(=O)O)cs2)cs1. The maximum atomic E-state index is 10.7. The number of thiazole rings is 1. The summed E-state index contributed by atoms with van der Waals surface area (Å²) in [6, 6.07) is 1.70. The first-order valence-electron chi connectivity index (χ1n) is 5.07. The van der Waals surface area contributed by atoms with E-state index in [9.17, 15) is 4.79 Å². The molecule has 0 aromatic carbocycles. The van der Waals surface area contributed by atoms with Gasteiger partial charge in [0.15, 0.2) is 0 Å². The lowest BCUT2D eigenvalue weighted by Crippen LogP contribution is -2.12. The van der Waals surface area contributed by atoms with Gasteiger partial charge in [-0.15, -0.1) is 22.7 Å². The molecule has 0 aliphatic carbocycles. The zero-order chi connectivity index (χ0) is 12.3. The van der Waals surface area contributed by atoms with Gasteiger partial charge in [0, 0.05) is 28.7 Å². The van der Waals surface area contributed by atoms with E-state index in [2.05, 4.69) is 10.3 Å². The highest BCUT2D eigenvalue weighted by atomic mass is 32.1. The van der Waals surface area contributed by atoms with Crippen LogP contribution in [0.3, 0.4) is 0 Å². The fourth-order valence-corrected chi connectivity index (χ4v) is 2.83. The van der Waals surface area contributed by atoms with Gasteiger partial charge in [0.25, 0.3) is 0 Å². The summed E-state index contributed by atoms with van der Waals surface area (Å²) in [5.74, 6) is -0.873. The molecule has 17 heavy (non-hydrogen) atoms. The number of carbonyl (C=O) groups is 1. The standard InChI is InChI=1S/C11H12N2O2S2/c1-7-13-9(6-16-7)3-12-4-10-2-8(5-17-10)11(14)15/h2,5-6,12H,3-4H2,1H3,(H,14,15). The van der Waals surface area contributed by atoms with E-state index in [1.165, 1.54) is 11.3 Å². The number of aromatic carboxylic acids is 1. The first-order valence-corrected chi connectivity index (χ1v) is 6.83. The number of carboxylic acid groups (broad SMARTS) is 1. The van der Waals surface area contributed by atoms with Crippen LogP contribution < -0.4 is 5.32 Å². The van der Waals surface area contributed by atoms with Crippen LogP contribution in [0.4, 0.5) is 0 Å². The topological polar surface area (TPSA) is 62.2 Å². The van der Waals surface area contributed by atoms with E-state index in [-0.39, 0.29) is 0 Å². The summed E-state index contributed by atoms with van der Waals surface area (Å²) < 4.78 is 0. The van der Waals surface area contributed by atoms with Crippen molar-refractivity contribution >= 4 is 28.6 Å². The number of carboxylic acids is 1. The van der Waals surface area contributed by atoms with Crippen molar-refractivity contribution in [1.29, 1.82) is 0 Å². The number of thiophene rings is 1. The Hall–Kier alpha value is -1.24. The molecule has 0 radical (unpaired) electrons. The molecular weight excluding hydrogens is 256 g/mol. The van der Waals surface area contributed by atoms with Crippen LogP contribution in [-0.2, 0) is 13.1 Å². The average Bonchev–Trinajstić information content (AvgIpc) is 2.88. The molecule has 0 unspecified atom stereocenters. The fraction of sp³-hybridized carbons (Fsp3) is 0.273. The molecule has 2 heterocycles. The number of nitrogens with zero attached hydrogens (tertiary/aromatic N) is 1. The number of aryl methyl sites for hydroxylation is 1. The molecule has 2 aromatic heterocycles. The normalized spacial score (nSPS) is 10.6. The summed E-state index contributed by atoms with van der Waals surface area (Å²) in [5.41, 5.74) is 1.39. The molecule has 6 heteroatoms. The van der Waals surface area contributed by atoms with Crippen molar-refractivity contribution in [2.24, 2.45) is 0 Å². The monoisotopic (exact) mass is 268 g/mol. The Balaban J connectivity index is 1.83. The van der Waals surface area contributed by atoms with Crippen LogP contribution in [-0.4, -0.2) is 16.1 Å². The van der Waals surface area contributed by atoms with Gasteiger partial charge in [-0.2, -0.15) is 0 Å². The molecule has 0 saturated heterocycles. The van der Waals surface area contributed by atoms with E-state index >= 15 is 0 Å². The van der Waals surface area contributed by atoms with Gasteiger partial charge in [0.1, 0.15) is 0 Å². The minimum Gasteiger partial charge on any atom is -0.478 e. The third-order valence-corrected chi connectivity index (χ3v) is 3.93. The molecule has 0 aliphatic rings. The smallest absolute Gasteiger partial charge is 0.336 e. The molecular formula is C11H12N2O2S2. The van der Waals surface area contributed by atoms with E-state index in [1.54, 1.807) is 22.8 Å². The Morgan fingerprint density at radius 3 is 2.82 bits per heavy atom. The van der Waals surface area contributed by atoms with E-state index in [4.69, 9.17) is 5.11 Å². The Kier molecular flexibility index (Phi) is 3.88. The Morgan fingerprint density at radius 1 is 1.41 bits per heavy atom. The summed E-state index contributed by atoms with van der Waals surface area (Å²) in [4.78, 5) is 16.1. The van der Waals surface area contributed by atoms with Crippen molar-refractivity contribution in [3.05, 3.63) is 38.0 Å². The third kappa shape index (κ3) is 3.36. The summed E-state index contributed by atoms with van der Waals surface area (Å²) in [6.07, 6.45) is 0. The summed E-state index contributed by atoms with van der Waals surface area (Å²) in [6.45, 7) is 3.37. The molecule has 0 aliphatic heterocycles. The van der Waals surface area contributed by atoms with Crippen LogP contribution in [0.25, 0.3) is 0 Å². The van der Waals surface area contributed by atoms with Gasteiger partial charge in [-0.05, 0) is 13.0 Å². The van der Waals surface area contributed by atoms with Crippen molar-refractivity contribution in [1.82, 2.24) is 10.3 Å². The maximum absolute atomic E-state index is 10.7. The zero-order valence-electron chi connectivity index (χ0n) is 9.27. The molecule has 0 amide bonds. The second kappa shape index (κ2) is 5.39. The van der Waals surface area contributed by atoms with Gasteiger partial charge in [0.2, 0.25) is 0 Å². The van der Waals surface area contributed by atoms with E-state index in [0.717, 1.165) is 15.6 Å². The first kappa shape index (κ1) is 12.2. The summed E-state index contributed by atoms with van der Waals surface area (Å²) in [5, 5.41) is 16.8. The molecule has 0 atom stereocenters. The highest BCUT2D eigenvalue weighted by Crippen LogP contribution is 2.14. The second-order valence-electron chi connectivity index (χ2n) is 3.57. The minimum absolute atomic E-state index is 0.358. The average molecular weight is 268 g/mol. The predicted octanol–water partition coefficient (Wildman–Crippen LogP) is 2.50. The second-order valence-corrected chi connectivity index (χ2v) is 5.63. The van der Waals surface area contributed by atoms with Gasteiger partial charge in [0.05, 0.1) is 16.3 Å². The van der Waals surface area contributed by atoms with Gasteiger partial charge in [-0.3, -0.25) is 0 Å². The van der Waals surface area contributed by atoms with Crippen LogP contribution in [0.2, 0.25) is 0 Å². The highest BCUT2D eigenvalue weighted by Gasteiger charge is 2.06. The van der Waals surface area contributed by atoms with Crippen molar-refractivity contribution in [3.63, 3.8) is 0 Å². The molecule has 0 fully saturated rings. The first-order chi connectivity index (χ1) is 8.15. The van der Waals surface area contributed by atoms with Crippen molar-refractivity contribution in [3.8, 4) is 0 Å². The lowest BCUT2D eigenvalue weighted by molar-refractivity contribution is 0.0697. The van der Waals surface area contributed by atoms with Gasteiger partial charge in [-0.25, -0.2) is 9.78 Å². The molecule has 0 bridgehead atoms. The molecule has 2 rings (SSSR count). The molecule has 90 valence electrons. The number of rotatable bonds is 5. The molecule has 0 saturated carbocycles. The number of nitrogens with one attached hydrogen (secondary N) is 1. The highest BCUT2D eigenvalue weighted by molar-refractivity contribution is 7.10. The molecule has 2 N–H and O–H groups in total. The largest absolute Gasteiger partial charge is 0.478 e. The van der Waals surface area contributed by atoms with Gasteiger partial charge >= 0.3 is 5.97 Å². The fourth-order valence-electron chi connectivity index (χ4n) is 1.39.